The van der Waals surface area contributed by atoms with Gasteiger partial charge in [-0.1, -0.05) is 13.0 Å². The van der Waals surface area contributed by atoms with E-state index in [0.29, 0.717) is 6.04 Å². The number of pyridine rings is 1. The number of likely N-dealkylation sites (N-methyl/N-ethyl adjacent to an activating group) is 1. The third kappa shape index (κ3) is 3.09. The molecule has 1 aromatic heterocycles. The highest BCUT2D eigenvalue weighted by Crippen LogP contribution is 2.30. The highest BCUT2D eigenvalue weighted by atomic mass is 16.5. The predicted molar refractivity (Wildman–Crippen MR) is 73.7 cm³/mol. The molecule has 2 atom stereocenters. The third-order valence-corrected chi connectivity index (χ3v) is 3.82. The van der Waals surface area contributed by atoms with Gasteiger partial charge in [0, 0.05) is 31.0 Å². The van der Waals surface area contributed by atoms with Gasteiger partial charge in [0.25, 0.3) is 0 Å². The lowest BCUT2D eigenvalue weighted by Gasteiger charge is -2.34. The lowest BCUT2D eigenvalue weighted by atomic mass is 9.89. The van der Waals surface area contributed by atoms with Crippen LogP contribution in [0.3, 0.4) is 0 Å². The first kappa shape index (κ1) is 13.5. The molecule has 2 unspecified atom stereocenters. The van der Waals surface area contributed by atoms with Crippen LogP contribution in [0.2, 0.25) is 0 Å². The SMILES string of the molecule is CCNC(Cc1ccc(C)cn1)C1(C)CCCO1. The molecule has 0 amide bonds. The zero-order valence-corrected chi connectivity index (χ0v) is 11.7. The van der Waals surface area contributed by atoms with E-state index in [4.69, 9.17) is 4.74 Å². The van der Waals surface area contributed by atoms with Gasteiger partial charge in [-0.2, -0.15) is 0 Å². The van der Waals surface area contributed by atoms with Gasteiger partial charge >= 0.3 is 0 Å². The fourth-order valence-corrected chi connectivity index (χ4v) is 2.65. The summed E-state index contributed by atoms with van der Waals surface area (Å²) in [5, 5.41) is 3.56. The number of nitrogens with one attached hydrogen (secondary N) is 1. The van der Waals surface area contributed by atoms with E-state index in [9.17, 15) is 0 Å². The van der Waals surface area contributed by atoms with Gasteiger partial charge in [0.1, 0.15) is 0 Å². The Balaban J connectivity index is 2.08. The van der Waals surface area contributed by atoms with Crippen LogP contribution < -0.4 is 5.32 Å². The fraction of sp³-hybridized carbons (Fsp3) is 0.667. The van der Waals surface area contributed by atoms with Crippen LogP contribution in [0.1, 0.15) is 37.9 Å². The zero-order valence-electron chi connectivity index (χ0n) is 11.7. The Kier molecular flexibility index (Phi) is 4.36. The smallest absolute Gasteiger partial charge is 0.0811 e. The topological polar surface area (TPSA) is 34.2 Å². The third-order valence-electron chi connectivity index (χ3n) is 3.82. The highest BCUT2D eigenvalue weighted by molar-refractivity contribution is 5.14. The first-order valence-electron chi connectivity index (χ1n) is 6.93. The van der Waals surface area contributed by atoms with Crippen LogP contribution in [0.4, 0.5) is 0 Å². The average molecular weight is 248 g/mol. The fourth-order valence-electron chi connectivity index (χ4n) is 2.65. The summed E-state index contributed by atoms with van der Waals surface area (Å²) in [5.41, 5.74) is 2.31. The quantitative estimate of drug-likeness (QED) is 0.869. The molecule has 1 aromatic rings. The Labute approximate surface area is 110 Å². The normalized spacial score (nSPS) is 25.3. The molecule has 0 bridgehead atoms. The summed E-state index contributed by atoms with van der Waals surface area (Å²) < 4.78 is 5.96. The molecule has 0 saturated carbocycles. The largest absolute Gasteiger partial charge is 0.374 e. The van der Waals surface area contributed by atoms with E-state index in [1.807, 2.05) is 6.20 Å². The monoisotopic (exact) mass is 248 g/mol. The van der Waals surface area contributed by atoms with Gasteiger partial charge in [-0.05, 0) is 44.9 Å². The van der Waals surface area contributed by atoms with Crippen molar-refractivity contribution in [2.45, 2.75) is 51.7 Å². The molecular weight excluding hydrogens is 224 g/mol. The van der Waals surface area contributed by atoms with Crippen molar-refractivity contribution in [3.05, 3.63) is 29.6 Å². The van der Waals surface area contributed by atoms with Gasteiger partial charge in [0.15, 0.2) is 0 Å². The van der Waals surface area contributed by atoms with Crippen LogP contribution in [-0.2, 0) is 11.2 Å². The molecule has 1 N–H and O–H groups in total. The summed E-state index contributed by atoms with van der Waals surface area (Å²) in [6.45, 7) is 8.30. The van der Waals surface area contributed by atoms with E-state index in [-0.39, 0.29) is 5.60 Å². The van der Waals surface area contributed by atoms with E-state index in [1.165, 1.54) is 12.0 Å². The molecule has 2 heterocycles. The summed E-state index contributed by atoms with van der Waals surface area (Å²) in [5.74, 6) is 0. The number of hydrogen-bond acceptors (Lipinski definition) is 3. The molecule has 1 saturated heterocycles. The molecule has 3 heteroatoms. The molecule has 0 aromatic carbocycles. The first-order valence-corrected chi connectivity index (χ1v) is 6.93. The minimum atomic E-state index is -0.0391. The number of aryl methyl sites for hydroxylation is 1. The average Bonchev–Trinajstić information content (AvgIpc) is 2.80. The number of ether oxygens (including phenoxy) is 1. The molecule has 100 valence electrons. The molecule has 18 heavy (non-hydrogen) atoms. The van der Waals surface area contributed by atoms with Gasteiger partial charge in [-0.15, -0.1) is 0 Å². The molecular formula is C15H24N2O. The Morgan fingerprint density at radius 2 is 2.33 bits per heavy atom. The first-order chi connectivity index (χ1) is 8.64. The van der Waals surface area contributed by atoms with E-state index in [2.05, 4.69) is 43.2 Å². The van der Waals surface area contributed by atoms with Crippen molar-refractivity contribution in [1.29, 1.82) is 0 Å². The van der Waals surface area contributed by atoms with Gasteiger partial charge < -0.3 is 10.1 Å². The van der Waals surface area contributed by atoms with Crippen molar-refractivity contribution >= 4 is 0 Å². The van der Waals surface area contributed by atoms with Crippen molar-refractivity contribution in [3.63, 3.8) is 0 Å². The number of rotatable bonds is 5. The lowest BCUT2D eigenvalue weighted by molar-refractivity contribution is -0.0113. The van der Waals surface area contributed by atoms with E-state index in [0.717, 1.165) is 31.7 Å². The minimum Gasteiger partial charge on any atom is -0.374 e. The second-order valence-electron chi connectivity index (χ2n) is 5.41. The van der Waals surface area contributed by atoms with Crippen molar-refractivity contribution in [1.82, 2.24) is 10.3 Å². The van der Waals surface area contributed by atoms with Crippen molar-refractivity contribution < 1.29 is 4.74 Å². The summed E-state index contributed by atoms with van der Waals surface area (Å²) in [6, 6.07) is 4.60. The molecule has 1 aliphatic rings. The standard InChI is InChI=1S/C15H24N2O/c1-4-16-14(15(3)8-5-9-18-15)10-13-7-6-12(2)11-17-13/h6-7,11,14,16H,4-5,8-10H2,1-3H3. The van der Waals surface area contributed by atoms with Crippen molar-refractivity contribution in [3.8, 4) is 0 Å². The Morgan fingerprint density at radius 1 is 1.50 bits per heavy atom. The van der Waals surface area contributed by atoms with Crippen LogP contribution >= 0.6 is 0 Å². The summed E-state index contributed by atoms with van der Waals surface area (Å²) in [6.07, 6.45) is 5.18. The second-order valence-corrected chi connectivity index (χ2v) is 5.41. The Bertz CT molecular complexity index is 369. The van der Waals surface area contributed by atoms with Gasteiger partial charge in [0.2, 0.25) is 0 Å². The Morgan fingerprint density at radius 3 is 2.89 bits per heavy atom. The molecule has 3 nitrogen and oxygen atoms in total. The van der Waals surface area contributed by atoms with Crippen LogP contribution in [0, 0.1) is 6.92 Å². The minimum absolute atomic E-state index is 0.0391. The Hall–Kier alpha value is -0.930. The molecule has 2 rings (SSSR count). The van der Waals surface area contributed by atoms with E-state index in [1.54, 1.807) is 0 Å². The maximum Gasteiger partial charge on any atom is 0.0811 e. The van der Waals surface area contributed by atoms with Gasteiger partial charge in [0.05, 0.1) is 5.60 Å². The van der Waals surface area contributed by atoms with Crippen molar-refractivity contribution in [2.75, 3.05) is 13.2 Å². The van der Waals surface area contributed by atoms with Crippen LogP contribution in [0.25, 0.3) is 0 Å². The molecule has 0 spiro atoms. The summed E-state index contributed by atoms with van der Waals surface area (Å²) in [7, 11) is 0. The van der Waals surface area contributed by atoms with Crippen LogP contribution in [0.5, 0.6) is 0 Å². The van der Waals surface area contributed by atoms with Gasteiger partial charge in [-0.25, -0.2) is 0 Å². The molecule has 1 aliphatic heterocycles. The van der Waals surface area contributed by atoms with Crippen LogP contribution in [-0.4, -0.2) is 29.8 Å². The maximum atomic E-state index is 5.96. The molecule has 1 fully saturated rings. The maximum absolute atomic E-state index is 5.96. The number of hydrogen-bond donors (Lipinski definition) is 1. The van der Waals surface area contributed by atoms with Gasteiger partial charge in [-0.3, -0.25) is 4.98 Å². The van der Waals surface area contributed by atoms with E-state index < -0.39 is 0 Å². The van der Waals surface area contributed by atoms with E-state index >= 15 is 0 Å². The number of aromatic nitrogens is 1. The second kappa shape index (κ2) is 5.81. The zero-order chi connectivity index (χ0) is 13.0. The number of nitrogens with zero attached hydrogens (tertiary/aromatic N) is 1. The molecule has 0 radical (unpaired) electrons. The summed E-state index contributed by atoms with van der Waals surface area (Å²) >= 11 is 0. The predicted octanol–water partition coefficient (Wildman–Crippen LogP) is 2.48. The van der Waals surface area contributed by atoms with Crippen LogP contribution in [0.15, 0.2) is 18.3 Å². The highest BCUT2D eigenvalue weighted by Gasteiger charge is 2.37. The van der Waals surface area contributed by atoms with Crippen molar-refractivity contribution in [2.24, 2.45) is 0 Å². The lowest BCUT2D eigenvalue weighted by Crippen LogP contribution is -2.49. The summed E-state index contributed by atoms with van der Waals surface area (Å²) in [4.78, 5) is 4.51. The molecule has 0 aliphatic carbocycles.